The van der Waals surface area contributed by atoms with Crippen LogP contribution in [-0.4, -0.2) is 23.8 Å². The Morgan fingerprint density at radius 3 is 2.87 bits per heavy atom. The summed E-state index contributed by atoms with van der Waals surface area (Å²) in [5, 5.41) is 8.73. The first kappa shape index (κ1) is 11.2. The van der Waals surface area contributed by atoms with E-state index in [2.05, 4.69) is 4.99 Å². The van der Waals surface area contributed by atoms with Crippen molar-refractivity contribution in [1.29, 1.82) is 0 Å². The quantitative estimate of drug-likeness (QED) is 0.582. The molecule has 0 fully saturated rings. The van der Waals surface area contributed by atoms with Gasteiger partial charge in [0.25, 0.3) is 0 Å². The molecular formula is C11H14N2O2. The van der Waals surface area contributed by atoms with Crippen molar-refractivity contribution in [2.45, 2.75) is 13.3 Å². The molecule has 1 aromatic rings. The third-order valence-electron chi connectivity index (χ3n) is 1.92. The molecule has 0 aliphatic heterocycles. The number of carboxylic acid groups (broad SMARTS) is 1. The van der Waals surface area contributed by atoms with Gasteiger partial charge in [-0.3, -0.25) is 4.99 Å². The molecule has 0 aromatic heterocycles. The molecule has 0 aliphatic rings. The van der Waals surface area contributed by atoms with Crippen LogP contribution in [0.5, 0.6) is 0 Å². The Kier molecular flexibility index (Phi) is 3.85. The Morgan fingerprint density at radius 1 is 1.60 bits per heavy atom. The number of anilines is 1. The minimum atomic E-state index is -0.973. The first-order valence-corrected chi connectivity index (χ1v) is 4.77. The molecule has 1 rings (SSSR count). The first-order chi connectivity index (χ1) is 7.15. The number of carboxylic acids is 1. The average molecular weight is 206 g/mol. The predicted octanol–water partition coefficient (Wildman–Crippen LogP) is 1.80. The Morgan fingerprint density at radius 2 is 2.33 bits per heavy atom. The molecule has 0 spiro atoms. The fourth-order valence-corrected chi connectivity index (χ4v) is 1.12. The van der Waals surface area contributed by atoms with E-state index in [-0.39, 0.29) is 5.56 Å². The van der Waals surface area contributed by atoms with Crippen molar-refractivity contribution >= 4 is 17.9 Å². The number of nitrogens with zero attached hydrogens (tertiary/aromatic N) is 1. The third kappa shape index (κ3) is 3.09. The van der Waals surface area contributed by atoms with Crippen molar-refractivity contribution in [3.05, 3.63) is 29.3 Å². The average Bonchev–Trinajstić information content (AvgIpc) is 2.20. The van der Waals surface area contributed by atoms with Gasteiger partial charge in [-0.1, -0.05) is 13.0 Å². The summed E-state index contributed by atoms with van der Waals surface area (Å²) >= 11 is 0. The normalized spacial score (nSPS) is 10.7. The number of nitrogens with two attached hydrogens (primary N) is 1. The lowest BCUT2D eigenvalue weighted by atomic mass is 10.1. The molecule has 0 unspecified atom stereocenters. The van der Waals surface area contributed by atoms with E-state index in [0.717, 1.165) is 18.5 Å². The molecule has 0 amide bonds. The minimum Gasteiger partial charge on any atom is -0.478 e. The lowest BCUT2D eigenvalue weighted by Gasteiger charge is -2.01. The Labute approximate surface area is 88.4 Å². The van der Waals surface area contributed by atoms with E-state index in [1.165, 1.54) is 12.1 Å². The molecule has 15 heavy (non-hydrogen) atoms. The van der Waals surface area contributed by atoms with Crippen LogP contribution in [-0.2, 0) is 0 Å². The molecule has 80 valence electrons. The van der Waals surface area contributed by atoms with Gasteiger partial charge >= 0.3 is 5.97 Å². The van der Waals surface area contributed by atoms with Gasteiger partial charge in [-0.25, -0.2) is 4.79 Å². The van der Waals surface area contributed by atoms with Crippen molar-refractivity contribution in [3.8, 4) is 0 Å². The summed E-state index contributed by atoms with van der Waals surface area (Å²) in [6.07, 6.45) is 2.65. The smallest absolute Gasteiger partial charge is 0.335 e. The number of nitrogen functional groups attached to an aromatic ring is 1. The highest BCUT2D eigenvalue weighted by molar-refractivity contribution is 5.93. The molecule has 0 atom stereocenters. The molecule has 4 nitrogen and oxygen atoms in total. The molecule has 1 aromatic carbocycles. The van der Waals surface area contributed by atoms with Gasteiger partial charge in [0, 0.05) is 24.0 Å². The van der Waals surface area contributed by atoms with Crippen LogP contribution in [0.25, 0.3) is 0 Å². The Balaban J connectivity index is 2.88. The Bertz CT molecular complexity index is 386. The second kappa shape index (κ2) is 5.14. The summed E-state index contributed by atoms with van der Waals surface area (Å²) in [6, 6.07) is 4.62. The number of hydrogen-bond donors (Lipinski definition) is 2. The van der Waals surface area contributed by atoms with Crippen molar-refractivity contribution in [2.75, 3.05) is 12.3 Å². The number of carbonyl (C=O) groups is 1. The van der Waals surface area contributed by atoms with E-state index >= 15 is 0 Å². The van der Waals surface area contributed by atoms with Gasteiger partial charge in [0.15, 0.2) is 0 Å². The molecule has 3 N–H and O–H groups in total. The Hall–Kier alpha value is -1.84. The van der Waals surface area contributed by atoms with Crippen LogP contribution >= 0.6 is 0 Å². The van der Waals surface area contributed by atoms with E-state index in [4.69, 9.17) is 10.8 Å². The van der Waals surface area contributed by atoms with Gasteiger partial charge in [0.1, 0.15) is 0 Å². The maximum Gasteiger partial charge on any atom is 0.335 e. The fourth-order valence-electron chi connectivity index (χ4n) is 1.12. The number of hydrogen-bond acceptors (Lipinski definition) is 3. The summed E-state index contributed by atoms with van der Waals surface area (Å²) in [5.41, 5.74) is 7.08. The van der Waals surface area contributed by atoms with Crippen LogP contribution in [0.1, 0.15) is 29.3 Å². The number of aromatic carboxylic acids is 1. The minimum absolute atomic E-state index is 0.195. The van der Waals surface area contributed by atoms with Crippen LogP contribution in [0.3, 0.4) is 0 Å². The molecule has 0 radical (unpaired) electrons. The zero-order chi connectivity index (χ0) is 11.3. The van der Waals surface area contributed by atoms with Gasteiger partial charge < -0.3 is 10.8 Å². The zero-order valence-corrected chi connectivity index (χ0v) is 8.60. The maximum atomic E-state index is 10.6. The van der Waals surface area contributed by atoms with Gasteiger partial charge in [-0.2, -0.15) is 0 Å². The first-order valence-electron chi connectivity index (χ1n) is 4.77. The molecule has 0 saturated heterocycles. The van der Waals surface area contributed by atoms with E-state index in [9.17, 15) is 4.79 Å². The van der Waals surface area contributed by atoms with Crippen LogP contribution in [0.2, 0.25) is 0 Å². The molecule has 4 heteroatoms. The van der Waals surface area contributed by atoms with Crippen molar-refractivity contribution in [2.24, 2.45) is 4.99 Å². The van der Waals surface area contributed by atoms with Gasteiger partial charge in [0.05, 0.1) is 5.56 Å². The van der Waals surface area contributed by atoms with Crippen LogP contribution in [0.15, 0.2) is 23.2 Å². The monoisotopic (exact) mass is 206 g/mol. The van der Waals surface area contributed by atoms with Crippen molar-refractivity contribution < 1.29 is 9.90 Å². The van der Waals surface area contributed by atoms with Crippen molar-refractivity contribution in [1.82, 2.24) is 0 Å². The largest absolute Gasteiger partial charge is 0.478 e. The van der Waals surface area contributed by atoms with E-state index in [0.29, 0.717) is 5.69 Å². The van der Waals surface area contributed by atoms with Crippen LogP contribution < -0.4 is 5.73 Å². The molecule has 0 bridgehead atoms. The van der Waals surface area contributed by atoms with E-state index in [1.807, 2.05) is 6.92 Å². The molecule has 0 saturated carbocycles. The summed E-state index contributed by atoms with van der Waals surface area (Å²) in [7, 11) is 0. The standard InChI is InChI=1S/C11H14N2O2/c1-2-5-13-7-9-4-3-8(11(14)15)6-10(9)12/h3-4,6-7H,2,5,12H2,1H3,(H,14,15). The number of rotatable bonds is 4. The maximum absolute atomic E-state index is 10.6. The summed E-state index contributed by atoms with van der Waals surface area (Å²) in [5.74, 6) is -0.973. The zero-order valence-electron chi connectivity index (χ0n) is 8.60. The van der Waals surface area contributed by atoms with E-state index < -0.39 is 5.97 Å². The van der Waals surface area contributed by atoms with Gasteiger partial charge in [-0.15, -0.1) is 0 Å². The van der Waals surface area contributed by atoms with E-state index in [1.54, 1.807) is 12.3 Å². The number of benzene rings is 1. The molecule has 0 heterocycles. The SMILES string of the molecule is CCCN=Cc1ccc(C(=O)O)cc1N. The lowest BCUT2D eigenvalue weighted by Crippen LogP contribution is -2.00. The number of aliphatic imine (C=N–C) groups is 1. The second-order valence-electron chi connectivity index (χ2n) is 3.18. The third-order valence-corrected chi connectivity index (χ3v) is 1.92. The van der Waals surface area contributed by atoms with Gasteiger partial charge in [0.2, 0.25) is 0 Å². The molecule has 0 aliphatic carbocycles. The topological polar surface area (TPSA) is 75.7 Å². The van der Waals surface area contributed by atoms with Crippen LogP contribution in [0, 0.1) is 0 Å². The fraction of sp³-hybridized carbons (Fsp3) is 0.273. The highest BCUT2D eigenvalue weighted by Gasteiger charge is 2.04. The summed E-state index contributed by atoms with van der Waals surface area (Å²) in [6.45, 7) is 2.79. The summed E-state index contributed by atoms with van der Waals surface area (Å²) in [4.78, 5) is 14.8. The summed E-state index contributed by atoms with van der Waals surface area (Å²) < 4.78 is 0. The highest BCUT2D eigenvalue weighted by Crippen LogP contribution is 2.12. The highest BCUT2D eigenvalue weighted by atomic mass is 16.4. The van der Waals surface area contributed by atoms with Gasteiger partial charge in [-0.05, 0) is 18.6 Å². The van der Waals surface area contributed by atoms with Crippen molar-refractivity contribution in [3.63, 3.8) is 0 Å². The predicted molar refractivity (Wildman–Crippen MR) is 60.6 cm³/mol. The second-order valence-corrected chi connectivity index (χ2v) is 3.18. The lowest BCUT2D eigenvalue weighted by molar-refractivity contribution is 0.0697. The van der Waals surface area contributed by atoms with Crippen LogP contribution in [0.4, 0.5) is 5.69 Å². The molecular weight excluding hydrogens is 192 g/mol.